The number of hydrogen-bond acceptors (Lipinski definition) is 6. The molecule has 1 heterocycles. The van der Waals surface area contributed by atoms with Crippen molar-refractivity contribution < 1.29 is 23.6 Å². The van der Waals surface area contributed by atoms with Crippen molar-refractivity contribution in [1.82, 2.24) is 0 Å². The zero-order chi connectivity index (χ0) is 17.3. The zero-order valence-electron chi connectivity index (χ0n) is 12.1. The van der Waals surface area contributed by atoms with Crippen molar-refractivity contribution in [3.63, 3.8) is 0 Å². The standard InChI is InChI=1S/C16H10FNO6/c17-10-1-4-13(18(21)22)15(6-10)23-8-9-5-16(20)24-14-7-11(19)2-3-12(9)14/h1-7,19H,8H2. The van der Waals surface area contributed by atoms with Crippen LogP contribution in [0.2, 0.25) is 0 Å². The van der Waals surface area contributed by atoms with E-state index in [4.69, 9.17) is 9.15 Å². The van der Waals surface area contributed by atoms with Crippen LogP contribution in [0.25, 0.3) is 11.0 Å². The molecule has 0 aliphatic carbocycles. The summed E-state index contributed by atoms with van der Waals surface area (Å²) in [5.41, 5.74) is -0.517. The van der Waals surface area contributed by atoms with Crippen LogP contribution in [0.4, 0.5) is 10.1 Å². The van der Waals surface area contributed by atoms with E-state index in [1.54, 1.807) is 0 Å². The molecule has 24 heavy (non-hydrogen) atoms. The van der Waals surface area contributed by atoms with Crippen molar-refractivity contribution in [2.45, 2.75) is 6.61 Å². The molecule has 1 aromatic heterocycles. The number of nitro groups is 1. The lowest BCUT2D eigenvalue weighted by Gasteiger charge is -2.09. The second-order valence-electron chi connectivity index (χ2n) is 4.93. The summed E-state index contributed by atoms with van der Waals surface area (Å²) in [4.78, 5) is 21.9. The quantitative estimate of drug-likeness (QED) is 0.447. The minimum absolute atomic E-state index is 0.0792. The first-order chi connectivity index (χ1) is 11.4. The predicted molar refractivity (Wildman–Crippen MR) is 81.5 cm³/mol. The van der Waals surface area contributed by atoms with Gasteiger partial charge in [-0.15, -0.1) is 0 Å². The van der Waals surface area contributed by atoms with Gasteiger partial charge in [0.15, 0.2) is 5.75 Å². The highest BCUT2D eigenvalue weighted by molar-refractivity contribution is 5.81. The van der Waals surface area contributed by atoms with Gasteiger partial charge in [0.05, 0.1) is 4.92 Å². The molecule has 8 heteroatoms. The van der Waals surface area contributed by atoms with Crippen LogP contribution in [0, 0.1) is 15.9 Å². The Morgan fingerprint density at radius 1 is 1.21 bits per heavy atom. The summed E-state index contributed by atoms with van der Waals surface area (Å²) < 4.78 is 23.6. The van der Waals surface area contributed by atoms with Gasteiger partial charge in [0.25, 0.3) is 0 Å². The molecule has 0 saturated heterocycles. The summed E-state index contributed by atoms with van der Waals surface area (Å²) >= 11 is 0. The second kappa shape index (κ2) is 5.99. The van der Waals surface area contributed by atoms with Crippen LogP contribution < -0.4 is 10.4 Å². The van der Waals surface area contributed by atoms with Crippen molar-refractivity contribution in [3.05, 3.63) is 74.4 Å². The van der Waals surface area contributed by atoms with E-state index in [1.165, 1.54) is 24.3 Å². The molecule has 1 N–H and O–H groups in total. The monoisotopic (exact) mass is 331 g/mol. The first kappa shape index (κ1) is 15.5. The third-order valence-electron chi connectivity index (χ3n) is 3.32. The topological polar surface area (TPSA) is 103 Å². The molecule has 0 unspecified atom stereocenters. The smallest absolute Gasteiger partial charge is 0.336 e. The summed E-state index contributed by atoms with van der Waals surface area (Å²) in [5.74, 6) is -1.01. The molecule has 0 spiro atoms. The van der Waals surface area contributed by atoms with E-state index < -0.39 is 16.4 Å². The highest BCUT2D eigenvalue weighted by Gasteiger charge is 2.17. The van der Waals surface area contributed by atoms with E-state index in [0.29, 0.717) is 10.9 Å². The van der Waals surface area contributed by atoms with E-state index >= 15 is 0 Å². The van der Waals surface area contributed by atoms with Crippen molar-refractivity contribution in [2.75, 3.05) is 0 Å². The van der Waals surface area contributed by atoms with Gasteiger partial charge in [0.2, 0.25) is 0 Å². The molecule has 0 radical (unpaired) electrons. The fraction of sp³-hybridized carbons (Fsp3) is 0.0625. The summed E-state index contributed by atoms with van der Waals surface area (Å²) in [6.45, 7) is -0.211. The number of rotatable bonds is 4. The largest absolute Gasteiger partial charge is 0.508 e. The third kappa shape index (κ3) is 3.02. The lowest BCUT2D eigenvalue weighted by atomic mass is 10.1. The van der Waals surface area contributed by atoms with E-state index in [1.807, 2.05) is 0 Å². The molecule has 0 aliphatic heterocycles. The predicted octanol–water partition coefficient (Wildman–Crippen LogP) is 3.12. The van der Waals surface area contributed by atoms with Crippen LogP contribution in [-0.4, -0.2) is 10.0 Å². The van der Waals surface area contributed by atoms with Gasteiger partial charge in [-0.25, -0.2) is 9.18 Å². The number of nitrogens with zero attached hydrogens (tertiary/aromatic N) is 1. The minimum Gasteiger partial charge on any atom is -0.508 e. The fourth-order valence-electron chi connectivity index (χ4n) is 2.25. The van der Waals surface area contributed by atoms with E-state index in [-0.39, 0.29) is 29.4 Å². The van der Waals surface area contributed by atoms with Gasteiger partial charge in [0, 0.05) is 35.2 Å². The van der Waals surface area contributed by atoms with Crippen LogP contribution in [0.1, 0.15) is 5.56 Å². The van der Waals surface area contributed by atoms with Gasteiger partial charge in [-0.2, -0.15) is 0 Å². The maximum Gasteiger partial charge on any atom is 0.336 e. The van der Waals surface area contributed by atoms with Crippen LogP contribution in [0.15, 0.2) is 51.7 Å². The molecule has 0 amide bonds. The maximum absolute atomic E-state index is 13.3. The molecular weight excluding hydrogens is 321 g/mol. The van der Waals surface area contributed by atoms with Crippen LogP contribution in [0.5, 0.6) is 11.5 Å². The number of phenolic OH excluding ortho intramolecular Hbond substituents is 1. The average molecular weight is 331 g/mol. The van der Waals surface area contributed by atoms with Gasteiger partial charge in [-0.3, -0.25) is 10.1 Å². The fourth-order valence-corrected chi connectivity index (χ4v) is 2.25. The van der Waals surface area contributed by atoms with Crippen LogP contribution in [-0.2, 0) is 6.61 Å². The van der Waals surface area contributed by atoms with Crippen molar-refractivity contribution in [1.29, 1.82) is 0 Å². The number of hydrogen-bond donors (Lipinski definition) is 1. The first-order valence-corrected chi connectivity index (χ1v) is 6.76. The summed E-state index contributed by atoms with van der Waals surface area (Å²) in [6, 6.07) is 8.22. The van der Waals surface area contributed by atoms with Gasteiger partial charge < -0.3 is 14.3 Å². The van der Waals surface area contributed by atoms with Gasteiger partial charge in [-0.05, 0) is 18.2 Å². The molecule has 0 saturated carbocycles. The molecular formula is C16H10FNO6. The zero-order valence-corrected chi connectivity index (χ0v) is 12.1. The van der Waals surface area contributed by atoms with Gasteiger partial charge in [0.1, 0.15) is 23.8 Å². The Hall–Kier alpha value is -3.42. The lowest BCUT2D eigenvalue weighted by molar-refractivity contribution is -0.386. The van der Waals surface area contributed by atoms with Crippen molar-refractivity contribution >= 4 is 16.7 Å². The molecule has 7 nitrogen and oxygen atoms in total. The molecule has 0 bridgehead atoms. The van der Waals surface area contributed by atoms with Crippen LogP contribution >= 0.6 is 0 Å². The summed E-state index contributed by atoms with van der Waals surface area (Å²) in [7, 11) is 0. The molecule has 3 aromatic rings. The first-order valence-electron chi connectivity index (χ1n) is 6.76. The Bertz CT molecular complexity index is 998. The lowest BCUT2D eigenvalue weighted by Crippen LogP contribution is -2.05. The number of phenols is 1. The number of benzene rings is 2. The number of aromatic hydroxyl groups is 1. The molecule has 0 aliphatic rings. The van der Waals surface area contributed by atoms with Gasteiger partial charge >= 0.3 is 11.3 Å². The second-order valence-corrected chi connectivity index (χ2v) is 4.93. The van der Waals surface area contributed by atoms with E-state index in [0.717, 1.165) is 18.2 Å². The maximum atomic E-state index is 13.3. The normalized spacial score (nSPS) is 10.7. The molecule has 0 atom stereocenters. The number of ether oxygens (including phenoxy) is 1. The highest BCUT2D eigenvalue weighted by atomic mass is 19.1. The van der Waals surface area contributed by atoms with Crippen molar-refractivity contribution in [2.24, 2.45) is 0 Å². The van der Waals surface area contributed by atoms with Gasteiger partial charge in [-0.1, -0.05) is 0 Å². The Kier molecular flexibility index (Phi) is 3.87. The third-order valence-corrected chi connectivity index (χ3v) is 3.32. The summed E-state index contributed by atoms with van der Waals surface area (Å²) in [5, 5.41) is 20.9. The number of halogens is 1. The van der Waals surface area contributed by atoms with Crippen LogP contribution in [0.3, 0.4) is 0 Å². The average Bonchev–Trinajstić information content (AvgIpc) is 2.51. The Labute approximate surface area is 133 Å². The van der Waals surface area contributed by atoms with Crippen molar-refractivity contribution in [3.8, 4) is 11.5 Å². The minimum atomic E-state index is -0.690. The molecule has 122 valence electrons. The molecule has 2 aromatic carbocycles. The Balaban J connectivity index is 1.99. The Morgan fingerprint density at radius 3 is 2.75 bits per heavy atom. The number of nitro benzene ring substituents is 1. The molecule has 0 fully saturated rings. The Morgan fingerprint density at radius 2 is 2.00 bits per heavy atom. The van der Waals surface area contributed by atoms with E-state index in [9.17, 15) is 24.4 Å². The highest BCUT2D eigenvalue weighted by Crippen LogP contribution is 2.29. The summed E-state index contributed by atoms with van der Waals surface area (Å²) in [6.07, 6.45) is 0. The SMILES string of the molecule is O=c1cc(COc2cc(F)ccc2[N+](=O)[O-])c2ccc(O)cc2o1. The van der Waals surface area contributed by atoms with E-state index in [2.05, 4.69) is 0 Å². The molecule has 3 rings (SSSR count). The number of fused-ring (bicyclic) bond motifs is 1.